The molecule has 10 heteroatoms. The molecule has 1 aromatic heterocycles. The molecule has 0 saturated carbocycles. The fraction of sp³-hybridized carbons (Fsp3) is 0.353. The maximum Gasteiger partial charge on any atom is 0.277 e. The summed E-state index contributed by atoms with van der Waals surface area (Å²) in [6.07, 6.45) is -2.83. The van der Waals surface area contributed by atoms with Crippen molar-refractivity contribution in [3.8, 4) is 0 Å². The number of oxazole rings is 1. The van der Waals surface area contributed by atoms with E-state index in [1.807, 2.05) is 0 Å². The second kappa shape index (κ2) is 8.01. The van der Waals surface area contributed by atoms with E-state index in [-0.39, 0.29) is 42.7 Å². The number of hydrogen-bond donors (Lipinski definition) is 2. The zero-order valence-corrected chi connectivity index (χ0v) is 15.5. The van der Waals surface area contributed by atoms with Crippen LogP contribution in [0.1, 0.15) is 27.7 Å². The van der Waals surface area contributed by atoms with Crippen LogP contribution >= 0.6 is 12.4 Å². The second-order valence-corrected chi connectivity index (χ2v) is 5.99. The molecule has 0 saturated heterocycles. The summed E-state index contributed by atoms with van der Waals surface area (Å²) < 4.78 is 38.0. The molecule has 146 valence electrons. The van der Waals surface area contributed by atoms with Gasteiger partial charge in [0.05, 0.1) is 6.61 Å². The number of amidine groups is 1. The summed E-state index contributed by atoms with van der Waals surface area (Å²) in [5, 5.41) is 2.63. The number of hydrogen-bond acceptors (Lipinski definition) is 6. The van der Waals surface area contributed by atoms with Crippen LogP contribution in [0.25, 0.3) is 0 Å². The Morgan fingerprint density at radius 2 is 2.11 bits per heavy atom. The predicted octanol–water partition coefficient (Wildman–Crippen LogP) is 2.81. The van der Waals surface area contributed by atoms with Crippen molar-refractivity contribution in [2.24, 2.45) is 10.7 Å². The van der Waals surface area contributed by atoms with E-state index in [2.05, 4.69) is 15.3 Å². The van der Waals surface area contributed by atoms with Gasteiger partial charge >= 0.3 is 0 Å². The maximum atomic E-state index is 13.8. The Balaban J connectivity index is 0.00000261. The van der Waals surface area contributed by atoms with Crippen LogP contribution in [0, 0.1) is 13.8 Å². The summed E-state index contributed by atoms with van der Waals surface area (Å²) in [5.41, 5.74) is 4.36. The van der Waals surface area contributed by atoms with E-state index in [9.17, 15) is 13.6 Å². The minimum atomic E-state index is -2.83. The second-order valence-electron chi connectivity index (χ2n) is 5.99. The largest absolute Gasteiger partial charge is 0.445 e. The van der Waals surface area contributed by atoms with Crippen LogP contribution in [0.15, 0.2) is 33.7 Å². The van der Waals surface area contributed by atoms with E-state index in [0.29, 0.717) is 17.3 Å². The molecule has 0 radical (unpaired) electrons. The number of halogens is 3. The lowest BCUT2D eigenvalue weighted by atomic mass is 9.90. The molecule has 7 nitrogen and oxygen atoms in total. The molecule has 1 amide bonds. The monoisotopic (exact) mass is 400 g/mol. The first-order valence-corrected chi connectivity index (χ1v) is 7.88. The fourth-order valence-electron chi connectivity index (χ4n) is 2.81. The Labute approximate surface area is 160 Å². The molecular weight excluding hydrogens is 382 g/mol. The molecule has 2 heterocycles. The summed E-state index contributed by atoms with van der Waals surface area (Å²) in [5.74, 6) is 0.241. The highest BCUT2D eigenvalue weighted by atomic mass is 35.5. The van der Waals surface area contributed by atoms with E-state index in [0.717, 1.165) is 0 Å². The summed E-state index contributed by atoms with van der Waals surface area (Å²) in [6, 6.07) is 6.06. The fourth-order valence-corrected chi connectivity index (χ4v) is 2.81. The smallest absolute Gasteiger partial charge is 0.277 e. The SMILES string of the molecule is Cc1nc(C(=O)Nc2cccc(C3(C(F)F)COCC(N)=N3)c2)c(C)o1.Cl. The summed E-state index contributed by atoms with van der Waals surface area (Å²) in [7, 11) is 0. The van der Waals surface area contributed by atoms with Crippen LogP contribution < -0.4 is 11.1 Å². The van der Waals surface area contributed by atoms with E-state index < -0.39 is 17.9 Å². The highest BCUT2D eigenvalue weighted by Crippen LogP contribution is 2.36. The molecule has 1 aromatic carbocycles. The molecule has 0 spiro atoms. The van der Waals surface area contributed by atoms with Crippen LogP contribution in [0.5, 0.6) is 0 Å². The molecule has 2 aromatic rings. The van der Waals surface area contributed by atoms with Gasteiger partial charge in [-0.3, -0.25) is 9.79 Å². The number of carbonyl (C=O) groups excluding carboxylic acids is 1. The lowest BCUT2D eigenvalue weighted by Crippen LogP contribution is -2.44. The van der Waals surface area contributed by atoms with Crippen molar-refractivity contribution in [2.75, 3.05) is 18.5 Å². The molecule has 1 atom stereocenters. The van der Waals surface area contributed by atoms with Gasteiger partial charge in [0.15, 0.2) is 17.1 Å². The first kappa shape index (κ1) is 20.8. The van der Waals surface area contributed by atoms with Crippen LogP contribution in [-0.4, -0.2) is 36.4 Å². The highest BCUT2D eigenvalue weighted by molar-refractivity contribution is 6.03. The normalized spacial score (nSPS) is 19.4. The van der Waals surface area contributed by atoms with Crippen molar-refractivity contribution in [3.05, 3.63) is 47.2 Å². The van der Waals surface area contributed by atoms with E-state index >= 15 is 0 Å². The van der Waals surface area contributed by atoms with Crippen molar-refractivity contribution < 1.29 is 22.7 Å². The van der Waals surface area contributed by atoms with Gasteiger partial charge in [0.1, 0.15) is 18.2 Å². The number of benzene rings is 1. The number of amides is 1. The minimum absolute atomic E-state index is 0. The Bertz CT molecular complexity index is 872. The van der Waals surface area contributed by atoms with E-state index in [4.69, 9.17) is 14.9 Å². The topological polar surface area (TPSA) is 103 Å². The Morgan fingerprint density at radius 3 is 2.70 bits per heavy atom. The van der Waals surface area contributed by atoms with Crippen LogP contribution in [0.2, 0.25) is 0 Å². The molecule has 1 aliphatic heterocycles. The number of nitrogens with two attached hydrogens (primary N) is 1. The molecule has 0 fully saturated rings. The Kier molecular flexibility index (Phi) is 6.17. The van der Waals surface area contributed by atoms with E-state index in [1.54, 1.807) is 26.0 Å². The van der Waals surface area contributed by atoms with Gasteiger partial charge in [0.25, 0.3) is 12.3 Å². The molecule has 0 aliphatic carbocycles. The van der Waals surface area contributed by atoms with Crippen molar-refractivity contribution in [2.45, 2.75) is 25.8 Å². The Morgan fingerprint density at radius 1 is 1.37 bits per heavy atom. The van der Waals surface area contributed by atoms with Gasteiger partial charge in [0.2, 0.25) is 0 Å². The number of ether oxygens (including phenoxy) is 1. The molecule has 27 heavy (non-hydrogen) atoms. The van der Waals surface area contributed by atoms with Crippen molar-refractivity contribution >= 4 is 29.8 Å². The van der Waals surface area contributed by atoms with Crippen molar-refractivity contribution in [1.29, 1.82) is 0 Å². The van der Waals surface area contributed by atoms with Crippen LogP contribution in [0.4, 0.5) is 14.5 Å². The minimum Gasteiger partial charge on any atom is -0.445 e. The molecule has 1 aliphatic rings. The maximum absolute atomic E-state index is 13.8. The molecule has 3 rings (SSSR count). The number of anilines is 1. The first-order chi connectivity index (χ1) is 12.3. The van der Waals surface area contributed by atoms with E-state index in [1.165, 1.54) is 12.1 Å². The van der Waals surface area contributed by atoms with Gasteiger partial charge in [-0.25, -0.2) is 13.8 Å². The molecule has 1 unspecified atom stereocenters. The van der Waals surface area contributed by atoms with Crippen LogP contribution in [0.3, 0.4) is 0 Å². The lowest BCUT2D eigenvalue weighted by molar-refractivity contribution is -0.0129. The van der Waals surface area contributed by atoms with Gasteiger partial charge in [-0.2, -0.15) is 0 Å². The van der Waals surface area contributed by atoms with Gasteiger partial charge in [-0.15, -0.1) is 12.4 Å². The van der Waals surface area contributed by atoms with Gasteiger partial charge in [-0.1, -0.05) is 12.1 Å². The number of aryl methyl sites for hydroxylation is 2. The molecule has 0 bridgehead atoms. The predicted molar refractivity (Wildman–Crippen MR) is 97.7 cm³/mol. The quantitative estimate of drug-likeness (QED) is 0.821. The Hall–Kier alpha value is -2.52. The number of nitrogens with one attached hydrogen (secondary N) is 1. The number of aliphatic imine (C=N–C) groups is 1. The zero-order valence-electron chi connectivity index (χ0n) is 14.7. The van der Waals surface area contributed by atoms with Gasteiger partial charge in [-0.05, 0) is 24.6 Å². The summed E-state index contributed by atoms with van der Waals surface area (Å²) in [4.78, 5) is 20.3. The number of alkyl halides is 2. The summed E-state index contributed by atoms with van der Waals surface area (Å²) >= 11 is 0. The van der Waals surface area contributed by atoms with Gasteiger partial charge < -0.3 is 20.2 Å². The molecule has 3 N–H and O–H groups in total. The average molecular weight is 401 g/mol. The summed E-state index contributed by atoms with van der Waals surface area (Å²) in [6.45, 7) is 2.95. The van der Waals surface area contributed by atoms with Crippen molar-refractivity contribution in [3.63, 3.8) is 0 Å². The third-order valence-electron chi connectivity index (χ3n) is 4.02. The number of nitrogens with zero attached hydrogens (tertiary/aromatic N) is 2. The highest BCUT2D eigenvalue weighted by Gasteiger charge is 2.44. The average Bonchev–Trinajstić information content (AvgIpc) is 2.93. The van der Waals surface area contributed by atoms with Gasteiger partial charge in [0, 0.05) is 12.6 Å². The molecular formula is C17H19ClF2N4O3. The number of aromatic nitrogens is 1. The third-order valence-corrected chi connectivity index (χ3v) is 4.02. The lowest BCUT2D eigenvalue weighted by Gasteiger charge is -2.33. The number of carbonyl (C=O) groups is 1. The standard InChI is InChI=1S/C17H18F2N4O3.ClH/c1-9-14(21-10(2)26-9)15(24)22-12-5-3-4-11(6-12)17(16(18)19)8-25-7-13(20)23-17;/h3-6,16H,7-8H2,1-2H3,(H2,20,23)(H,22,24);1H. The first-order valence-electron chi connectivity index (χ1n) is 7.88. The number of rotatable bonds is 4. The third kappa shape index (κ3) is 4.09. The van der Waals surface area contributed by atoms with Crippen molar-refractivity contribution in [1.82, 2.24) is 4.98 Å². The zero-order chi connectivity index (χ0) is 18.9. The van der Waals surface area contributed by atoms with Crippen LogP contribution in [-0.2, 0) is 10.3 Å².